The lowest BCUT2D eigenvalue weighted by atomic mass is 9.96. The zero-order valence-corrected chi connectivity index (χ0v) is 19.0. The highest BCUT2D eigenvalue weighted by Crippen LogP contribution is 2.38. The number of benzene rings is 3. The van der Waals surface area contributed by atoms with E-state index >= 15 is 0 Å². The first-order valence-corrected chi connectivity index (χ1v) is 10.3. The van der Waals surface area contributed by atoms with Gasteiger partial charge >= 0.3 is 0 Å². The molecule has 0 radical (unpaired) electrons. The van der Waals surface area contributed by atoms with Gasteiger partial charge in [-0.2, -0.15) is 0 Å². The molecule has 0 fully saturated rings. The normalized spacial score (nSPS) is 9.37. The Hall–Kier alpha value is -2.96. The summed E-state index contributed by atoms with van der Waals surface area (Å²) in [5, 5.41) is 0. The van der Waals surface area contributed by atoms with E-state index in [2.05, 4.69) is 65.9 Å². The molecule has 0 aromatic heterocycles. The van der Waals surface area contributed by atoms with Crippen LogP contribution < -0.4 is 15.2 Å². The molecule has 30 heavy (non-hydrogen) atoms. The maximum absolute atomic E-state index is 8.58. The van der Waals surface area contributed by atoms with Gasteiger partial charge in [-0.15, -0.1) is 0 Å². The smallest absolute Gasteiger partial charge is 0.204 e. The number of methoxy groups -OCH3 is 1. The quantitative estimate of drug-likeness (QED) is 0.284. The average molecular weight is 427 g/mol. The van der Waals surface area contributed by atoms with E-state index in [9.17, 15) is 0 Å². The fraction of sp³-hybridized carbons (Fsp3) is 0.208. The van der Waals surface area contributed by atoms with Crippen molar-refractivity contribution in [2.75, 3.05) is 18.9 Å². The van der Waals surface area contributed by atoms with Crippen LogP contribution in [0.25, 0.3) is 22.3 Å². The molecule has 0 aliphatic heterocycles. The molecule has 160 valence electrons. The molecule has 0 atom stereocenters. The van der Waals surface area contributed by atoms with Crippen molar-refractivity contribution >= 4 is 24.3 Å². The van der Waals surface area contributed by atoms with Crippen molar-refractivity contribution in [1.29, 1.82) is 0 Å². The summed E-state index contributed by atoms with van der Waals surface area (Å²) in [6.07, 6.45) is 0.250. The molecule has 0 saturated carbocycles. The summed E-state index contributed by atoms with van der Waals surface area (Å²) in [6, 6.07) is 23.0. The van der Waals surface area contributed by atoms with Crippen LogP contribution in [0.3, 0.4) is 0 Å². The topological polar surface area (TPSA) is 73.6 Å². The van der Waals surface area contributed by atoms with Gasteiger partial charge in [0.2, 0.25) is 6.41 Å². The SMILES string of the molecule is CC.COSNc1ccc(-c2ccc(C)cc2)cc1-c1ccccc1OC.NC=O. The molecule has 3 N–H and O–H groups in total. The first-order valence-electron chi connectivity index (χ1n) is 9.60. The first-order chi connectivity index (χ1) is 14.6. The zero-order chi connectivity index (χ0) is 22.4. The minimum atomic E-state index is 0.250. The second-order valence-corrected chi connectivity index (χ2v) is 6.52. The van der Waals surface area contributed by atoms with Gasteiger partial charge in [-0.05, 0) is 36.2 Å². The summed E-state index contributed by atoms with van der Waals surface area (Å²) < 4.78 is 13.9. The maximum atomic E-state index is 8.58. The highest BCUT2D eigenvalue weighted by Gasteiger charge is 2.12. The van der Waals surface area contributed by atoms with Crippen LogP contribution in [0.4, 0.5) is 5.69 Å². The fourth-order valence-corrected chi connectivity index (χ4v) is 3.09. The molecule has 3 aromatic carbocycles. The Balaban J connectivity index is 0.000000826. The van der Waals surface area contributed by atoms with Crippen LogP contribution in [0, 0.1) is 6.92 Å². The fourth-order valence-electron chi connectivity index (χ4n) is 2.74. The number of carbonyl (C=O) groups is 1. The van der Waals surface area contributed by atoms with Crippen LogP contribution in [-0.4, -0.2) is 20.6 Å². The molecule has 6 heteroatoms. The number of amides is 1. The number of anilines is 1. The highest BCUT2D eigenvalue weighted by atomic mass is 32.2. The lowest BCUT2D eigenvalue weighted by Gasteiger charge is -2.15. The van der Waals surface area contributed by atoms with Gasteiger partial charge in [0, 0.05) is 11.1 Å². The number of rotatable bonds is 6. The second-order valence-electron chi connectivity index (χ2n) is 5.81. The number of hydrogen-bond donors (Lipinski definition) is 2. The van der Waals surface area contributed by atoms with Crippen molar-refractivity contribution < 1.29 is 13.7 Å². The van der Waals surface area contributed by atoms with Crippen molar-refractivity contribution in [3.8, 4) is 28.0 Å². The third-order valence-corrected chi connectivity index (χ3v) is 4.51. The Labute approximate surface area is 183 Å². The minimum absolute atomic E-state index is 0.250. The van der Waals surface area contributed by atoms with Crippen molar-refractivity contribution in [2.45, 2.75) is 20.8 Å². The first kappa shape index (κ1) is 25.1. The Bertz CT molecular complexity index is 899. The number of para-hydroxylation sites is 1. The molecule has 0 saturated heterocycles. The Kier molecular flexibility index (Phi) is 11.8. The van der Waals surface area contributed by atoms with Gasteiger partial charge in [0.25, 0.3) is 0 Å². The van der Waals surface area contributed by atoms with Crippen LogP contribution in [0.2, 0.25) is 0 Å². The molecular weight excluding hydrogens is 396 g/mol. The van der Waals surface area contributed by atoms with Crippen molar-refractivity contribution in [2.24, 2.45) is 5.73 Å². The largest absolute Gasteiger partial charge is 0.496 e. The van der Waals surface area contributed by atoms with E-state index in [0.29, 0.717) is 0 Å². The molecule has 0 bridgehead atoms. The van der Waals surface area contributed by atoms with E-state index in [1.807, 2.05) is 32.0 Å². The van der Waals surface area contributed by atoms with Gasteiger partial charge < -0.3 is 19.4 Å². The standard InChI is InChI=1S/C21H21NO2S.C2H6.CH3NO/c1-15-8-10-16(11-9-15)17-12-13-20(22-25-24-3)19(14-17)18-6-4-5-7-21(18)23-2;1-2;2-1-3/h4-14,22H,1-3H3;1-2H3;1H,(H2,2,3). The van der Waals surface area contributed by atoms with Crippen LogP contribution in [-0.2, 0) is 8.98 Å². The molecular formula is C24H30N2O3S. The van der Waals surface area contributed by atoms with E-state index in [1.54, 1.807) is 14.2 Å². The van der Waals surface area contributed by atoms with E-state index in [1.165, 1.54) is 23.4 Å². The molecule has 3 aromatic rings. The number of ether oxygens (including phenoxy) is 1. The van der Waals surface area contributed by atoms with Gasteiger partial charge in [-0.3, -0.25) is 4.79 Å². The zero-order valence-electron chi connectivity index (χ0n) is 18.1. The summed E-state index contributed by atoms with van der Waals surface area (Å²) in [5.41, 5.74) is 10.9. The number of nitrogens with one attached hydrogen (secondary N) is 1. The van der Waals surface area contributed by atoms with Gasteiger partial charge in [-0.25, -0.2) is 0 Å². The molecule has 0 unspecified atom stereocenters. The van der Waals surface area contributed by atoms with Crippen molar-refractivity contribution in [1.82, 2.24) is 0 Å². The van der Waals surface area contributed by atoms with E-state index in [-0.39, 0.29) is 6.41 Å². The van der Waals surface area contributed by atoms with Gasteiger partial charge in [0.05, 0.1) is 19.9 Å². The predicted octanol–water partition coefficient (Wildman–Crippen LogP) is 6.09. The third-order valence-electron chi connectivity index (χ3n) is 4.04. The third kappa shape index (κ3) is 7.13. The summed E-state index contributed by atoms with van der Waals surface area (Å²) >= 11 is 1.20. The molecule has 0 aliphatic carbocycles. The van der Waals surface area contributed by atoms with Gasteiger partial charge in [0.1, 0.15) is 18.0 Å². The van der Waals surface area contributed by atoms with Crippen LogP contribution in [0.15, 0.2) is 66.7 Å². The molecule has 3 rings (SSSR count). The monoisotopic (exact) mass is 426 g/mol. The van der Waals surface area contributed by atoms with Gasteiger partial charge in [0.15, 0.2) is 0 Å². The molecule has 0 heterocycles. The van der Waals surface area contributed by atoms with Crippen LogP contribution >= 0.6 is 12.2 Å². The molecule has 1 amide bonds. The van der Waals surface area contributed by atoms with Gasteiger partial charge in [-0.1, -0.05) is 67.9 Å². The Morgan fingerprint density at radius 1 is 0.900 bits per heavy atom. The summed E-state index contributed by atoms with van der Waals surface area (Å²) in [4.78, 5) is 8.58. The average Bonchev–Trinajstić information content (AvgIpc) is 2.80. The van der Waals surface area contributed by atoms with E-state index in [4.69, 9.17) is 13.7 Å². The number of carbonyl (C=O) groups excluding carboxylic acids is 1. The number of hydrogen-bond acceptors (Lipinski definition) is 5. The van der Waals surface area contributed by atoms with Crippen molar-refractivity contribution in [3.05, 3.63) is 72.3 Å². The Morgan fingerprint density at radius 2 is 1.50 bits per heavy atom. The molecule has 5 nitrogen and oxygen atoms in total. The lowest BCUT2D eigenvalue weighted by molar-refractivity contribution is -0.106. The number of primary amides is 1. The second kappa shape index (κ2) is 14.1. The Morgan fingerprint density at radius 3 is 2.10 bits per heavy atom. The summed E-state index contributed by atoms with van der Waals surface area (Å²) in [6.45, 7) is 6.10. The summed E-state index contributed by atoms with van der Waals surface area (Å²) in [5.74, 6) is 0.842. The number of nitrogens with two attached hydrogens (primary N) is 1. The summed E-state index contributed by atoms with van der Waals surface area (Å²) in [7, 11) is 3.33. The van der Waals surface area contributed by atoms with Crippen molar-refractivity contribution in [3.63, 3.8) is 0 Å². The van der Waals surface area contributed by atoms with E-state index < -0.39 is 0 Å². The number of aryl methyl sites for hydroxylation is 1. The molecule has 0 aliphatic rings. The lowest BCUT2D eigenvalue weighted by Crippen LogP contribution is -1.94. The highest BCUT2D eigenvalue weighted by molar-refractivity contribution is 7.96. The minimum Gasteiger partial charge on any atom is -0.496 e. The maximum Gasteiger partial charge on any atom is 0.204 e. The van der Waals surface area contributed by atoms with Crippen LogP contribution in [0.1, 0.15) is 19.4 Å². The van der Waals surface area contributed by atoms with Crippen LogP contribution in [0.5, 0.6) is 5.75 Å². The molecule has 0 spiro atoms. The van der Waals surface area contributed by atoms with E-state index in [0.717, 1.165) is 28.1 Å². The predicted molar refractivity (Wildman–Crippen MR) is 128 cm³/mol.